The molecular formula is C29H60O10. The van der Waals surface area contributed by atoms with Crippen molar-refractivity contribution in [3.05, 3.63) is 0 Å². The fourth-order valence-corrected chi connectivity index (χ4v) is 1.62. The Morgan fingerprint density at radius 1 is 0.462 bits per heavy atom. The second-order valence-electron chi connectivity index (χ2n) is 12.6. The molecule has 39 heavy (non-hydrogen) atoms. The van der Waals surface area contributed by atoms with Gasteiger partial charge in [-0.3, -0.25) is 4.79 Å². The first kappa shape index (κ1) is 40.3. The van der Waals surface area contributed by atoms with Gasteiger partial charge in [0.05, 0.1) is 29.0 Å². The van der Waals surface area contributed by atoms with Crippen molar-refractivity contribution in [2.45, 2.75) is 177 Å². The van der Waals surface area contributed by atoms with E-state index < -0.39 is 28.7 Å². The van der Waals surface area contributed by atoms with E-state index >= 15 is 0 Å². The van der Waals surface area contributed by atoms with Crippen LogP contribution in [-0.2, 0) is 48.6 Å². The Morgan fingerprint density at radius 3 is 1.00 bits per heavy atom. The highest BCUT2D eigenvalue weighted by Crippen LogP contribution is 2.27. The van der Waals surface area contributed by atoms with E-state index in [1.807, 2.05) is 83.1 Å². The maximum absolute atomic E-state index is 11.8. The number of ether oxygens (including phenoxy) is 1. The Hall–Kier alpha value is -0.850. The topological polar surface area (TPSA) is 100 Å². The SMILES string of the molecule is CCC(C)(C)OOC(C)(C)OOC(C)(C)CC.CCOC(=O)CC(C)(OOC(C)(C)CC)OOC(C)(C)CC. The van der Waals surface area contributed by atoms with Crippen LogP contribution in [0.15, 0.2) is 0 Å². The van der Waals surface area contributed by atoms with E-state index in [2.05, 4.69) is 0 Å². The summed E-state index contributed by atoms with van der Waals surface area (Å²) in [4.78, 5) is 54.6. The first-order chi connectivity index (χ1) is 17.5. The molecule has 10 nitrogen and oxygen atoms in total. The molecule has 0 saturated heterocycles. The zero-order valence-electron chi connectivity index (χ0n) is 27.8. The van der Waals surface area contributed by atoms with E-state index in [4.69, 9.17) is 43.8 Å². The fourth-order valence-electron chi connectivity index (χ4n) is 1.62. The van der Waals surface area contributed by atoms with Crippen LogP contribution in [0, 0.1) is 0 Å². The van der Waals surface area contributed by atoms with Crippen LogP contribution in [0.25, 0.3) is 0 Å². The van der Waals surface area contributed by atoms with Crippen LogP contribution >= 0.6 is 0 Å². The van der Waals surface area contributed by atoms with Crippen molar-refractivity contribution in [3.8, 4) is 0 Å². The largest absolute Gasteiger partial charge is 0.466 e. The zero-order chi connectivity index (χ0) is 31.2. The number of hydrogen-bond acceptors (Lipinski definition) is 10. The van der Waals surface area contributed by atoms with Crippen LogP contribution in [0.2, 0.25) is 0 Å². The van der Waals surface area contributed by atoms with Crippen LogP contribution in [0.4, 0.5) is 0 Å². The molecular weight excluding hydrogens is 508 g/mol. The quantitative estimate of drug-likeness (QED) is 0.0661. The van der Waals surface area contributed by atoms with E-state index in [1.54, 1.807) is 27.7 Å². The first-order valence-corrected chi connectivity index (χ1v) is 14.2. The van der Waals surface area contributed by atoms with Crippen LogP contribution in [0.1, 0.15) is 143 Å². The summed E-state index contributed by atoms with van der Waals surface area (Å²) in [5.74, 6) is -2.76. The number of hydrogen-bond donors (Lipinski definition) is 0. The molecule has 0 aromatic rings. The molecule has 0 fully saturated rings. The van der Waals surface area contributed by atoms with Crippen molar-refractivity contribution in [2.24, 2.45) is 0 Å². The predicted octanol–water partition coefficient (Wildman–Crippen LogP) is 7.93. The molecule has 0 N–H and O–H groups in total. The van der Waals surface area contributed by atoms with Crippen molar-refractivity contribution in [1.82, 2.24) is 0 Å². The molecule has 0 bridgehead atoms. The molecule has 0 atom stereocenters. The van der Waals surface area contributed by atoms with Gasteiger partial charge in [0.15, 0.2) is 0 Å². The van der Waals surface area contributed by atoms with Gasteiger partial charge >= 0.3 is 5.97 Å². The Balaban J connectivity index is 0. The minimum absolute atomic E-state index is 0.138. The van der Waals surface area contributed by atoms with Gasteiger partial charge in [-0.2, -0.15) is 19.6 Å². The number of carbonyl (C=O) groups excluding carboxylic acids is 1. The van der Waals surface area contributed by atoms with Gasteiger partial charge in [-0.25, -0.2) is 19.6 Å². The molecule has 0 saturated carbocycles. The fraction of sp³-hybridized carbons (Fsp3) is 0.966. The summed E-state index contributed by atoms with van der Waals surface area (Å²) >= 11 is 0. The van der Waals surface area contributed by atoms with E-state index in [1.165, 1.54) is 0 Å². The third-order valence-corrected chi connectivity index (χ3v) is 6.00. The van der Waals surface area contributed by atoms with E-state index in [0.29, 0.717) is 0 Å². The first-order valence-electron chi connectivity index (χ1n) is 14.2. The Bertz CT molecular complexity index is 629. The van der Waals surface area contributed by atoms with Crippen LogP contribution in [0.3, 0.4) is 0 Å². The van der Waals surface area contributed by atoms with E-state index in [0.717, 1.165) is 25.7 Å². The molecule has 0 rings (SSSR count). The summed E-state index contributed by atoms with van der Waals surface area (Å²) in [5, 5.41) is 0. The summed E-state index contributed by atoms with van der Waals surface area (Å²) in [6.07, 6.45) is 3.04. The molecule has 236 valence electrons. The highest BCUT2D eigenvalue weighted by atomic mass is 17.3. The standard InChI is InChI=1S/C16H32O6.C13H28O4/c1-9-14(4,5)19-21-16(8,12-13(17)18-11-3)22-20-15(6,7)10-2;1-9-11(3,4)14-16-13(7,8)17-15-12(5,6)10-2/h9-12H2,1-8H3;9-10H2,1-8H3. The van der Waals surface area contributed by atoms with Crippen molar-refractivity contribution in [2.75, 3.05) is 6.61 Å². The van der Waals surface area contributed by atoms with Gasteiger partial charge in [0, 0.05) is 0 Å². The maximum atomic E-state index is 11.8. The third kappa shape index (κ3) is 20.6. The maximum Gasteiger partial charge on any atom is 0.311 e. The molecule has 0 aromatic carbocycles. The normalized spacial score (nSPS) is 13.6. The lowest BCUT2D eigenvalue weighted by Gasteiger charge is -2.33. The molecule has 0 aliphatic carbocycles. The highest BCUT2D eigenvalue weighted by Gasteiger charge is 2.38. The Kier molecular flexibility index (Phi) is 17.8. The average Bonchev–Trinajstić information content (AvgIpc) is 2.85. The molecule has 0 unspecified atom stereocenters. The molecule has 0 amide bonds. The number of rotatable bonds is 19. The van der Waals surface area contributed by atoms with Crippen molar-refractivity contribution < 1.29 is 48.6 Å². The Labute approximate surface area is 238 Å². The van der Waals surface area contributed by atoms with Gasteiger partial charge in [0.25, 0.3) is 0 Å². The van der Waals surface area contributed by atoms with E-state index in [9.17, 15) is 4.79 Å². The number of carbonyl (C=O) groups is 1. The molecule has 0 aliphatic heterocycles. The lowest BCUT2D eigenvalue weighted by atomic mass is 10.1. The van der Waals surface area contributed by atoms with Crippen molar-refractivity contribution >= 4 is 5.97 Å². The highest BCUT2D eigenvalue weighted by molar-refractivity contribution is 5.70. The van der Waals surface area contributed by atoms with Gasteiger partial charge in [-0.15, -0.1) is 0 Å². The third-order valence-electron chi connectivity index (χ3n) is 6.00. The molecule has 0 spiro atoms. The summed E-state index contributed by atoms with van der Waals surface area (Å²) in [7, 11) is 0. The molecule has 10 heteroatoms. The van der Waals surface area contributed by atoms with Gasteiger partial charge in [0.1, 0.15) is 6.42 Å². The van der Waals surface area contributed by atoms with Crippen LogP contribution < -0.4 is 0 Å². The molecule has 0 heterocycles. The smallest absolute Gasteiger partial charge is 0.311 e. The lowest BCUT2D eigenvalue weighted by Crippen LogP contribution is -2.41. The molecule has 0 aliphatic rings. The van der Waals surface area contributed by atoms with Gasteiger partial charge < -0.3 is 4.74 Å². The summed E-state index contributed by atoms with van der Waals surface area (Å²) < 4.78 is 4.94. The van der Waals surface area contributed by atoms with Gasteiger partial charge in [0.2, 0.25) is 11.6 Å². The summed E-state index contributed by atoms with van der Waals surface area (Å²) in [5.41, 5.74) is -1.67. The molecule has 0 radical (unpaired) electrons. The molecule has 0 aromatic heterocycles. The van der Waals surface area contributed by atoms with Crippen molar-refractivity contribution in [1.29, 1.82) is 0 Å². The van der Waals surface area contributed by atoms with E-state index in [-0.39, 0.29) is 24.2 Å². The average molecular weight is 569 g/mol. The van der Waals surface area contributed by atoms with Gasteiger partial charge in [-0.1, -0.05) is 27.7 Å². The van der Waals surface area contributed by atoms with Crippen molar-refractivity contribution in [3.63, 3.8) is 0 Å². The predicted molar refractivity (Wildman–Crippen MR) is 150 cm³/mol. The summed E-state index contributed by atoms with van der Waals surface area (Å²) in [6.45, 7) is 30.5. The van der Waals surface area contributed by atoms with Gasteiger partial charge in [-0.05, 0) is 109 Å². The minimum atomic E-state index is -1.38. The second kappa shape index (κ2) is 17.2. The monoisotopic (exact) mass is 568 g/mol. The zero-order valence-corrected chi connectivity index (χ0v) is 27.8. The summed E-state index contributed by atoms with van der Waals surface area (Å²) in [6, 6.07) is 0. The lowest BCUT2D eigenvalue weighted by molar-refractivity contribution is -0.538. The van der Waals surface area contributed by atoms with Crippen LogP contribution in [0.5, 0.6) is 0 Å². The minimum Gasteiger partial charge on any atom is -0.466 e. The second-order valence-corrected chi connectivity index (χ2v) is 12.6. The Morgan fingerprint density at radius 2 is 0.744 bits per heavy atom. The number of esters is 1. The van der Waals surface area contributed by atoms with Crippen LogP contribution in [-0.4, -0.2) is 46.6 Å².